The number of allylic oxidation sites excluding steroid dienone is 1. The van der Waals surface area contributed by atoms with Crippen LogP contribution < -0.4 is 14.2 Å². The third-order valence-corrected chi connectivity index (χ3v) is 5.47. The molecule has 0 aliphatic rings. The second kappa shape index (κ2) is 11.0. The first-order valence-electron chi connectivity index (χ1n) is 9.96. The van der Waals surface area contributed by atoms with Crippen LogP contribution in [0.25, 0.3) is 11.6 Å². The summed E-state index contributed by atoms with van der Waals surface area (Å²) in [6, 6.07) is 18.1. The molecule has 3 aromatic rings. The normalized spacial score (nSPS) is 11.0. The quantitative estimate of drug-likeness (QED) is 0.147. The molecule has 0 saturated heterocycles. The molecule has 0 spiro atoms. The van der Waals surface area contributed by atoms with Gasteiger partial charge in [-0.3, -0.25) is 0 Å². The van der Waals surface area contributed by atoms with E-state index in [1.54, 1.807) is 48.5 Å². The Bertz CT molecular complexity index is 1220. The third-order valence-electron chi connectivity index (χ3n) is 4.76. The van der Waals surface area contributed by atoms with Crippen molar-refractivity contribution in [3.8, 4) is 23.3 Å². The summed E-state index contributed by atoms with van der Waals surface area (Å²) >= 11 is 9.37. The van der Waals surface area contributed by atoms with E-state index < -0.39 is 5.97 Å². The van der Waals surface area contributed by atoms with Crippen LogP contribution in [-0.2, 0) is 4.79 Å². The molecule has 0 bridgehead atoms. The molecule has 0 amide bonds. The first-order chi connectivity index (χ1) is 15.8. The summed E-state index contributed by atoms with van der Waals surface area (Å²) in [5.41, 5.74) is 3.75. The minimum Gasteiger partial charge on any atom is -0.493 e. The van der Waals surface area contributed by atoms with E-state index in [1.165, 1.54) is 7.11 Å². The molecule has 168 valence electrons. The van der Waals surface area contributed by atoms with Crippen molar-refractivity contribution in [1.82, 2.24) is 0 Å². The fourth-order valence-corrected chi connectivity index (χ4v) is 4.06. The van der Waals surface area contributed by atoms with E-state index in [4.69, 9.17) is 25.8 Å². The fourth-order valence-electron chi connectivity index (χ4n) is 3.24. The number of methoxy groups -OCH3 is 1. The van der Waals surface area contributed by atoms with E-state index in [2.05, 4.69) is 22.0 Å². The highest BCUT2D eigenvalue weighted by Gasteiger charge is 2.14. The van der Waals surface area contributed by atoms with Crippen molar-refractivity contribution in [2.24, 2.45) is 0 Å². The number of carbonyl (C=O) groups excluding carboxylic acids is 1. The molecule has 3 rings (SSSR count). The van der Waals surface area contributed by atoms with Crippen LogP contribution >= 0.6 is 27.5 Å². The van der Waals surface area contributed by atoms with Crippen molar-refractivity contribution in [2.75, 3.05) is 13.7 Å². The number of benzene rings is 3. The Morgan fingerprint density at radius 3 is 2.33 bits per heavy atom. The van der Waals surface area contributed by atoms with Crippen LogP contribution in [0.3, 0.4) is 0 Å². The van der Waals surface area contributed by atoms with E-state index in [0.29, 0.717) is 22.1 Å². The summed E-state index contributed by atoms with van der Waals surface area (Å²) in [7, 11) is 1.48. The Hall–Kier alpha value is -3.27. The number of hydrogen-bond donors (Lipinski definition) is 0. The van der Waals surface area contributed by atoms with Gasteiger partial charge in [0.25, 0.3) is 0 Å². The minimum atomic E-state index is -0.558. The lowest BCUT2D eigenvalue weighted by Crippen LogP contribution is -2.18. The number of ether oxygens (including phenoxy) is 3. The topological polar surface area (TPSA) is 68.5 Å². The summed E-state index contributed by atoms with van der Waals surface area (Å²) in [5, 5.41) is 10.1. The molecule has 0 N–H and O–H groups in total. The van der Waals surface area contributed by atoms with Gasteiger partial charge in [-0.1, -0.05) is 45.7 Å². The number of rotatable bonds is 7. The van der Waals surface area contributed by atoms with E-state index in [1.807, 2.05) is 26.0 Å². The highest BCUT2D eigenvalue weighted by atomic mass is 79.9. The average Bonchev–Trinajstić information content (AvgIpc) is 2.78. The van der Waals surface area contributed by atoms with Crippen LogP contribution in [0, 0.1) is 25.2 Å². The van der Waals surface area contributed by atoms with Gasteiger partial charge in [0.1, 0.15) is 5.75 Å². The summed E-state index contributed by atoms with van der Waals surface area (Å²) < 4.78 is 17.5. The molecular formula is C26H21BrClNO4. The number of halogens is 2. The van der Waals surface area contributed by atoms with Gasteiger partial charge in [-0.25, -0.2) is 4.79 Å². The number of hydrogen-bond acceptors (Lipinski definition) is 5. The predicted molar refractivity (Wildman–Crippen MR) is 133 cm³/mol. The highest BCUT2D eigenvalue weighted by molar-refractivity contribution is 9.10. The van der Waals surface area contributed by atoms with Gasteiger partial charge in [-0.05, 0) is 78.6 Å². The fraction of sp³-hybridized carbons (Fsp3) is 0.154. The largest absolute Gasteiger partial charge is 0.493 e. The second-order valence-corrected chi connectivity index (χ2v) is 8.57. The Morgan fingerprint density at radius 2 is 1.73 bits per heavy atom. The van der Waals surface area contributed by atoms with E-state index in [-0.39, 0.29) is 12.4 Å². The van der Waals surface area contributed by atoms with Crippen LogP contribution in [0.4, 0.5) is 0 Å². The maximum absolute atomic E-state index is 12.4. The third kappa shape index (κ3) is 6.38. The van der Waals surface area contributed by atoms with Gasteiger partial charge in [0.15, 0.2) is 18.1 Å². The van der Waals surface area contributed by atoms with Gasteiger partial charge in [0, 0.05) is 9.50 Å². The molecule has 3 aromatic carbocycles. The second-order valence-electron chi connectivity index (χ2n) is 7.22. The van der Waals surface area contributed by atoms with Gasteiger partial charge in [0.2, 0.25) is 0 Å². The van der Waals surface area contributed by atoms with Crippen LogP contribution in [-0.4, -0.2) is 19.7 Å². The number of carbonyl (C=O) groups is 1. The predicted octanol–water partition coefficient (Wildman–Crippen LogP) is 6.78. The van der Waals surface area contributed by atoms with Crippen molar-refractivity contribution < 1.29 is 19.0 Å². The Kier molecular flexibility index (Phi) is 8.16. The standard InChI is InChI=1S/C26H21BrClNO4/c1-16-10-21(27)11-17(2)26(16)32-15-25(30)33-23-9-4-18(13-24(23)31-3)12-20(14-29)19-5-7-22(28)8-6-19/h4-13H,15H2,1-3H3. The van der Waals surface area contributed by atoms with Gasteiger partial charge < -0.3 is 14.2 Å². The lowest BCUT2D eigenvalue weighted by atomic mass is 10.0. The molecule has 0 aromatic heterocycles. The molecule has 0 aliphatic carbocycles. The van der Waals surface area contributed by atoms with Crippen LogP contribution in [0.5, 0.6) is 17.2 Å². The Labute approximate surface area is 206 Å². The van der Waals surface area contributed by atoms with Crippen molar-refractivity contribution in [3.63, 3.8) is 0 Å². The summed E-state index contributed by atoms with van der Waals surface area (Å²) in [5.74, 6) is 0.713. The monoisotopic (exact) mass is 525 g/mol. The lowest BCUT2D eigenvalue weighted by molar-refractivity contribution is -0.136. The van der Waals surface area contributed by atoms with Crippen LogP contribution in [0.15, 0.2) is 59.1 Å². The van der Waals surface area contributed by atoms with Gasteiger partial charge >= 0.3 is 5.97 Å². The molecule has 0 radical (unpaired) electrons. The zero-order valence-corrected chi connectivity index (χ0v) is 20.7. The minimum absolute atomic E-state index is 0.247. The molecule has 0 unspecified atom stereocenters. The summed E-state index contributed by atoms with van der Waals surface area (Å²) in [6.45, 7) is 3.57. The molecule has 33 heavy (non-hydrogen) atoms. The van der Waals surface area contributed by atoms with Gasteiger partial charge in [-0.2, -0.15) is 5.26 Å². The van der Waals surface area contributed by atoms with E-state index >= 15 is 0 Å². The zero-order chi connectivity index (χ0) is 24.0. The average molecular weight is 527 g/mol. The smallest absolute Gasteiger partial charge is 0.349 e. The number of aryl methyl sites for hydroxylation is 2. The molecule has 0 atom stereocenters. The van der Waals surface area contributed by atoms with Crippen LogP contribution in [0.2, 0.25) is 5.02 Å². The molecular weight excluding hydrogens is 506 g/mol. The van der Waals surface area contributed by atoms with Gasteiger partial charge in [-0.15, -0.1) is 0 Å². The van der Waals surface area contributed by atoms with Crippen molar-refractivity contribution in [3.05, 3.63) is 86.3 Å². The summed E-state index contributed by atoms with van der Waals surface area (Å²) in [6.07, 6.45) is 1.72. The van der Waals surface area contributed by atoms with Gasteiger partial charge in [0.05, 0.1) is 18.8 Å². The Morgan fingerprint density at radius 1 is 1.06 bits per heavy atom. The van der Waals surface area contributed by atoms with E-state index in [0.717, 1.165) is 26.7 Å². The maximum Gasteiger partial charge on any atom is 0.349 e. The van der Waals surface area contributed by atoms with E-state index in [9.17, 15) is 10.1 Å². The van der Waals surface area contributed by atoms with Crippen molar-refractivity contribution in [1.29, 1.82) is 5.26 Å². The molecule has 0 aliphatic heterocycles. The Balaban J connectivity index is 1.74. The van der Waals surface area contributed by atoms with Crippen molar-refractivity contribution >= 4 is 45.1 Å². The SMILES string of the molecule is COc1cc(C=C(C#N)c2ccc(Cl)cc2)ccc1OC(=O)COc1c(C)cc(Br)cc1C. The molecule has 5 nitrogen and oxygen atoms in total. The number of nitriles is 1. The highest BCUT2D eigenvalue weighted by Crippen LogP contribution is 2.31. The number of esters is 1. The van der Waals surface area contributed by atoms with Crippen molar-refractivity contribution in [2.45, 2.75) is 13.8 Å². The lowest BCUT2D eigenvalue weighted by Gasteiger charge is -2.13. The summed E-state index contributed by atoms with van der Waals surface area (Å²) in [4.78, 5) is 12.4. The molecule has 0 fully saturated rings. The molecule has 7 heteroatoms. The first kappa shape index (κ1) is 24.4. The maximum atomic E-state index is 12.4. The first-order valence-corrected chi connectivity index (χ1v) is 11.1. The molecule has 0 heterocycles. The van der Waals surface area contributed by atoms with Crippen LogP contribution in [0.1, 0.15) is 22.3 Å². The number of nitrogens with zero attached hydrogens (tertiary/aromatic N) is 1. The zero-order valence-electron chi connectivity index (χ0n) is 18.3. The molecule has 0 saturated carbocycles.